The summed E-state index contributed by atoms with van der Waals surface area (Å²) < 4.78 is 10.7. The van der Waals surface area contributed by atoms with Crippen molar-refractivity contribution >= 4 is 5.97 Å². The minimum atomic E-state index is -0.843. The summed E-state index contributed by atoms with van der Waals surface area (Å²) in [5.41, 5.74) is 1.12. The molecule has 0 saturated heterocycles. The van der Waals surface area contributed by atoms with Crippen molar-refractivity contribution < 1.29 is 24.2 Å². The predicted molar refractivity (Wildman–Crippen MR) is 98.6 cm³/mol. The molecule has 2 aromatic rings. The molecule has 2 N–H and O–H groups in total. The van der Waals surface area contributed by atoms with E-state index in [1.165, 1.54) is 0 Å². The number of ether oxygens (including phenoxy) is 2. The van der Waals surface area contributed by atoms with Gasteiger partial charge < -0.3 is 19.9 Å². The Morgan fingerprint density at radius 1 is 1.04 bits per heavy atom. The summed E-state index contributed by atoms with van der Waals surface area (Å²) in [6, 6.07) is 14.2. The lowest BCUT2D eigenvalue weighted by atomic mass is 10.1. The molecule has 0 bridgehead atoms. The molecule has 0 aliphatic rings. The summed E-state index contributed by atoms with van der Waals surface area (Å²) >= 11 is 0. The number of hydrogen-bond acceptors (Lipinski definition) is 8. The van der Waals surface area contributed by atoms with Gasteiger partial charge >= 0.3 is 5.97 Å². The lowest BCUT2D eigenvalue weighted by molar-refractivity contribution is -0.146. The first-order valence-electron chi connectivity index (χ1n) is 8.55. The molecule has 0 saturated carbocycles. The quantitative estimate of drug-likeness (QED) is 0.334. The van der Waals surface area contributed by atoms with Gasteiger partial charge in [0.2, 0.25) is 0 Å². The van der Waals surface area contributed by atoms with Crippen molar-refractivity contribution in [2.24, 2.45) is 5.34 Å². The van der Waals surface area contributed by atoms with E-state index in [-0.39, 0.29) is 12.4 Å². The zero-order valence-corrected chi connectivity index (χ0v) is 14.8. The van der Waals surface area contributed by atoms with Gasteiger partial charge in [0.1, 0.15) is 5.75 Å². The van der Waals surface area contributed by atoms with Crippen LogP contribution in [-0.4, -0.2) is 37.4 Å². The SMILES string of the molecule is O=NOC(=O)COc1ccc(CCNCCCOc2ccccc2O)cc1. The van der Waals surface area contributed by atoms with E-state index >= 15 is 0 Å². The highest BCUT2D eigenvalue weighted by Gasteiger charge is 2.05. The number of nitrogens with one attached hydrogen (secondary N) is 1. The van der Waals surface area contributed by atoms with Crippen molar-refractivity contribution in [1.29, 1.82) is 0 Å². The van der Waals surface area contributed by atoms with E-state index in [2.05, 4.69) is 10.2 Å². The fourth-order valence-electron chi connectivity index (χ4n) is 2.28. The van der Waals surface area contributed by atoms with Crippen molar-refractivity contribution in [2.75, 3.05) is 26.3 Å². The first-order valence-corrected chi connectivity index (χ1v) is 8.55. The van der Waals surface area contributed by atoms with Crippen LogP contribution < -0.4 is 14.8 Å². The summed E-state index contributed by atoms with van der Waals surface area (Å²) in [6.45, 7) is 1.78. The molecule has 0 aromatic heterocycles. The second-order valence-electron chi connectivity index (χ2n) is 5.64. The number of carbonyl (C=O) groups is 1. The van der Waals surface area contributed by atoms with Crippen LogP contribution in [0.3, 0.4) is 0 Å². The van der Waals surface area contributed by atoms with Gasteiger partial charge in [-0.2, -0.15) is 0 Å². The van der Waals surface area contributed by atoms with E-state index in [0.29, 0.717) is 18.1 Å². The molecule has 0 radical (unpaired) electrons. The Bertz CT molecular complexity index is 720. The molecule has 0 fully saturated rings. The number of carbonyl (C=O) groups excluding carboxylic acids is 1. The Morgan fingerprint density at radius 3 is 2.56 bits per heavy atom. The summed E-state index contributed by atoms with van der Waals surface area (Å²) in [5, 5.41) is 15.0. The Morgan fingerprint density at radius 2 is 1.81 bits per heavy atom. The fourth-order valence-corrected chi connectivity index (χ4v) is 2.28. The highest BCUT2D eigenvalue weighted by atomic mass is 16.8. The van der Waals surface area contributed by atoms with Crippen LogP contribution in [0, 0.1) is 4.91 Å². The second kappa shape index (κ2) is 11.5. The van der Waals surface area contributed by atoms with E-state index in [4.69, 9.17) is 9.47 Å². The van der Waals surface area contributed by atoms with Gasteiger partial charge in [-0.1, -0.05) is 24.3 Å². The molecule has 0 aliphatic heterocycles. The highest BCUT2D eigenvalue weighted by Crippen LogP contribution is 2.24. The molecule has 0 amide bonds. The van der Waals surface area contributed by atoms with Crippen LogP contribution in [0.2, 0.25) is 0 Å². The third-order valence-corrected chi connectivity index (χ3v) is 3.63. The van der Waals surface area contributed by atoms with Gasteiger partial charge in [0.25, 0.3) is 0 Å². The lowest BCUT2D eigenvalue weighted by Crippen LogP contribution is -2.20. The van der Waals surface area contributed by atoms with Gasteiger partial charge in [0.05, 0.1) is 6.61 Å². The number of para-hydroxylation sites is 2. The molecule has 8 heteroatoms. The number of nitrogens with zero attached hydrogens (tertiary/aromatic N) is 1. The largest absolute Gasteiger partial charge is 0.504 e. The summed E-state index contributed by atoms with van der Waals surface area (Å²) in [7, 11) is 0. The smallest absolute Gasteiger partial charge is 0.375 e. The molecule has 0 atom stereocenters. The molecule has 2 rings (SSSR count). The highest BCUT2D eigenvalue weighted by molar-refractivity contribution is 5.70. The number of rotatable bonds is 12. The van der Waals surface area contributed by atoms with Gasteiger partial charge in [-0.25, -0.2) is 4.79 Å². The van der Waals surface area contributed by atoms with Crippen LogP contribution in [0.5, 0.6) is 17.2 Å². The van der Waals surface area contributed by atoms with Crippen LogP contribution in [0.4, 0.5) is 0 Å². The molecule has 2 aromatic carbocycles. The topological polar surface area (TPSA) is 106 Å². The Labute approximate surface area is 157 Å². The molecule has 0 spiro atoms. The zero-order chi connectivity index (χ0) is 19.3. The van der Waals surface area contributed by atoms with Gasteiger partial charge in [-0.05, 0) is 55.8 Å². The number of phenols is 1. The van der Waals surface area contributed by atoms with E-state index < -0.39 is 5.97 Å². The maximum Gasteiger partial charge on any atom is 0.375 e. The minimum Gasteiger partial charge on any atom is -0.504 e. The molecule has 144 valence electrons. The average Bonchev–Trinajstić information content (AvgIpc) is 2.68. The number of phenolic OH excluding ortho intramolecular Hbond substituents is 1. The van der Waals surface area contributed by atoms with Gasteiger partial charge in [-0.3, -0.25) is 4.84 Å². The van der Waals surface area contributed by atoms with Crippen molar-refractivity contribution in [3.05, 3.63) is 59.0 Å². The monoisotopic (exact) mass is 374 g/mol. The number of hydrogen-bond donors (Lipinski definition) is 2. The Balaban J connectivity index is 1.55. The normalized spacial score (nSPS) is 10.2. The first kappa shape index (κ1) is 20.2. The van der Waals surface area contributed by atoms with Crippen LogP contribution in [0.1, 0.15) is 12.0 Å². The first-order chi connectivity index (χ1) is 13.2. The summed E-state index contributed by atoms with van der Waals surface area (Å²) in [4.78, 5) is 24.6. The van der Waals surface area contributed by atoms with Crippen molar-refractivity contribution in [3.8, 4) is 17.2 Å². The zero-order valence-electron chi connectivity index (χ0n) is 14.8. The van der Waals surface area contributed by atoms with E-state index in [1.807, 2.05) is 23.5 Å². The summed E-state index contributed by atoms with van der Waals surface area (Å²) in [6.07, 6.45) is 1.67. The molecule has 27 heavy (non-hydrogen) atoms. The molecular formula is C19H22N2O6. The van der Waals surface area contributed by atoms with Gasteiger partial charge in [0, 0.05) is 0 Å². The molecule has 0 unspecified atom stereocenters. The van der Waals surface area contributed by atoms with Gasteiger partial charge in [0.15, 0.2) is 23.4 Å². The second-order valence-corrected chi connectivity index (χ2v) is 5.64. The van der Waals surface area contributed by atoms with Crippen molar-refractivity contribution in [2.45, 2.75) is 12.8 Å². The number of benzene rings is 2. The lowest BCUT2D eigenvalue weighted by Gasteiger charge is -2.09. The molecule has 0 aliphatic carbocycles. The maximum atomic E-state index is 11.0. The average molecular weight is 374 g/mol. The molecular weight excluding hydrogens is 352 g/mol. The van der Waals surface area contributed by atoms with Gasteiger partial charge in [-0.15, -0.1) is 4.91 Å². The number of aromatic hydroxyl groups is 1. The van der Waals surface area contributed by atoms with E-state index in [0.717, 1.165) is 31.5 Å². The molecule has 0 heterocycles. The molecule has 8 nitrogen and oxygen atoms in total. The fraction of sp³-hybridized carbons (Fsp3) is 0.316. The Kier molecular flexibility index (Phi) is 8.58. The van der Waals surface area contributed by atoms with Crippen LogP contribution in [0.15, 0.2) is 53.9 Å². The third-order valence-electron chi connectivity index (χ3n) is 3.63. The van der Waals surface area contributed by atoms with Crippen LogP contribution >= 0.6 is 0 Å². The minimum absolute atomic E-state index is 0.148. The Hall–Kier alpha value is -3.13. The van der Waals surface area contributed by atoms with Crippen molar-refractivity contribution in [1.82, 2.24) is 5.32 Å². The third kappa shape index (κ3) is 7.74. The standard InChI is InChI=1S/C19H22N2O6/c22-17-4-1-2-5-18(17)25-13-3-11-20-12-10-15-6-8-16(9-7-15)26-14-19(23)27-21-24/h1-2,4-9,20,22H,3,10-14H2. The van der Waals surface area contributed by atoms with E-state index in [1.54, 1.807) is 30.3 Å². The van der Waals surface area contributed by atoms with E-state index in [9.17, 15) is 14.8 Å². The van der Waals surface area contributed by atoms with Crippen LogP contribution in [-0.2, 0) is 16.1 Å². The summed E-state index contributed by atoms with van der Waals surface area (Å²) in [5.74, 6) is 0.311. The van der Waals surface area contributed by atoms with Crippen LogP contribution in [0.25, 0.3) is 0 Å². The maximum absolute atomic E-state index is 11.0. The van der Waals surface area contributed by atoms with Crippen molar-refractivity contribution in [3.63, 3.8) is 0 Å². The predicted octanol–water partition coefficient (Wildman–Crippen LogP) is 2.60.